The number of hydrogen-bond acceptors (Lipinski definition) is 3. The van der Waals surface area contributed by atoms with E-state index in [4.69, 9.17) is 5.73 Å². The molecule has 0 radical (unpaired) electrons. The Labute approximate surface area is 132 Å². The third-order valence-electron chi connectivity index (χ3n) is 3.53. The quantitative estimate of drug-likeness (QED) is 0.644. The van der Waals surface area contributed by atoms with Crippen molar-refractivity contribution in [3.8, 4) is 0 Å². The van der Waals surface area contributed by atoms with Crippen molar-refractivity contribution in [2.75, 3.05) is 5.75 Å². The van der Waals surface area contributed by atoms with E-state index in [-0.39, 0.29) is 0 Å². The Hall–Kier alpha value is -1.14. The van der Waals surface area contributed by atoms with Crippen molar-refractivity contribution in [2.45, 2.75) is 55.6 Å². The fraction of sp³-hybridized carbons (Fsp3) is 0.909. The lowest BCUT2D eigenvalue weighted by Gasteiger charge is -2.31. The van der Waals surface area contributed by atoms with Gasteiger partial charge in [-0.2, -0.15) is 35.1 Å². The van der Waals surface area contributed by atoms with Gasteiger partial charge in [0.15, 0.2) is 14.6 Å². The molecular weight excluding hydrogens is 378 g/mol. The number of amides is 1. The summed E-state index contributed by atoms with van der Waals surface area (Å²) in [5, 5.41) is 0. The molecule has 0 saturated heterocycles. The molecule has 1 unspecified atom stereocenters. The topological polar surface area (TPSA) is 77.2 Å². The molecule has 4 nitrogen and oxygen atoms in total. The Morgan fingerprint density at radius 3 is 1.67 bits per heavy atom. The van der Waals surface area contributed by atoms with E-state index in [1.807, 2.05) is 0 Å². The molecule has 1 amide bonds. The molecule has 0 aliphatic carbocycles. The van der Waals surface area contributed by atoms with Gasteiger partial charge in [-0.05, 0) is 12.8 Å². The molecule has 0 saturated carbocycles. The fourth-order valence-electron chi connectivity index (χ4n) is 1.95. The normalized spacial score (nSPS) is 16.7. The van der Waals surface area contributed by atoms with Gasteiger partial charge in [-0.25, -0.2) is 8.42 Å². The third kappa shape index (κ3) is 5.18. The average molecular weight is 393 g/mol. The summed E-state index contributed by atoms with van der Waals surface area (Å²) in [6, 6.07) is 0. The lowest BCUT2D eigenvalue weighted by Crippen LogP contribution is -2.52. The van der Waals surface area contributed by atoms with Gasteiger partial charge in [-0.15, -0.1) is 0 Å². The first-order chi connectivity index (χ1) is 10.4. The highest BCUT2D eigenvalue weighted by atomic mass is 32.2. The van der Waals surface area contributed by atoms with Crippen LogP contribution in [-0.4, -0.2) is 43.1 Å². The van der Waals surface area contributed by atoms with Crippen LogP contribution >= 0.6 is 0 Å². The molecule has 1 atom stereocenters. The van der Waals surface area contributed by atoms with Crippen LogP contribution in [0.1, 0.15) is 32.6 Å². The summed E-state index contributed by atoms with van der Waals surface area (Å²) < 4.78 is 120. The monoisotopic (exact) mass is 393 g/mol. The molecule has 0 aliphatic rings. The van der Waals surface area contributed by atoms with Crippen LogP contribution < -0.4 is 5.73 Å². The summed E-state index contributed by atoms with van der Waals surface area (Å²) in [5.41, 5.74) is 4.82. The van der Waals surface area contributed by atoms with Gasteiger partial charge < -0.3 is 5.73 Å². The molecule has 0 aliphatic heterocycles. The highest BCUT2D eigenvalue weighted by Gasteiger charge is 2.59. The zero-order valence-corrected chi connectivity index (χ0v) is 13.1. The van der Waals surface area contributed by atoms with Crippen molar-refractivity contribution in [3.05, 3.63) is 0 Å². The van der Waals surface area contributed by atoms with Crippen LogP contribution in [0.5, 0.6) is 0 Å². The van der Waals surface area contributed by atoms with Gasteiger partial charge in [-0.3, -0.25) is 4.79 Å². The summed E-state index contributed by atoms with van der Waals surface area (Å²) in [5.74, 6) is -8.74. The summed E-state index contributed by atoms with van der Waals surface area (Å²) >= 11 is 0. The highest BCUT2D eigenvalue weighted by molar-refractivity contribution is 7.93. The Kier molecular flexibility index (Phi) is 6.67. The predicted molar refractivity (Wildman–Crippen MR) is 66.9 cm³/mol. The predicted octanol–water partition coefficient (Wildman–Crippen LogP) is 2.97. The summed E-state index contributed by atoms with van der Waals surface area (Å²) in [7, 11) is -5.03. The summed E-state index contributed by atoms with van der Waals surface area (Å²) in [4.78, 5) is 11.4. The van der Waals surface area contributed by atoms with E-state index >= 15 is 0 Å². The van der Waals surface area contributed by atoms with Crippen LogP contribution in [-0.2, 0) is 14.6 Å². The second kappa shape index (κ2) is 7.00. The van der Waals surface area contributed by atoms with Gasteiger partial charge in [0.25, 0.3) is 0 Å². The lowest BCUT2D eigenvalue weighted by molar-refractivity contribution is -0.284. The van der Waals surface area contributed by atoms with Gasteiger partial charge in [0, 0.05) is 6.42 Å². The number of alkyl halides is 8. The molecule has 0 spiro atoms. The Morgan fingerprint density at radius 1 is 0.917 bits per heavy atom. The maximum absolute atomic E-state index is 13.0. The fourth-order valence-corrected chi connectivity index (χ4v) is 4.00. The van der Waals surface area contributed by atoms with Gasteiger partial charge in [0.1, 0.15) is 0 Å². The molecule has 13 heteroatoms. The maximum atomic E-state index is 13.0. The van der Waals surface area contributed by atoms with E-state index < -0.39 is 70.2 Å². The molecule has 0 aromatic carbocycles. The number of halogens is 8. The van der Waals surface area contributed by atoms with Crippen LogP contribution in [0.15, 0.2) is 0 Å². The van der Waals surface area contributed by atoms with E-state index in [9.17, 15) is 48.3 Å². The van der Waals surface area contributed by atoms with E-state index in [1.165, 1.54) is 0 Å². The van der Waals surface area contributed by atoms with Crippen LogP contribution in [0.2, 0.25) is 0 Å². The SMILES string of the molecule is CCC(CCC(F)(F)C(F)(F)F)(C(N)=O)S(=O)(=O)CCC(F)(F)F. The second-order valence-electron chi connectivity index (χ2n) is 5.10. The van der Waals surface area contributed by atoms with Crippen LogP contribution in [0.3, 0.4) is 0 Å². The van der Waals surface area contributed by atoms with Crippen molar-refractivity contribution in [2.24, 2.45) is 5.73 Å². The van der Waals surface area contributed by atoms with Gasteiger partial charge in [-0.1, -0.05) is 6.92 Å². The standard InChI is InChI=1S/C11H15F8NO3S/c1-2-8(7(20)21,3-4-9(12,13)11(17,18)19)24(22,23)6-5-10(14,15)16/h2-6H2,1H3,(H2,20,21). The van der Waals surface area contributed by atoms with Crippen LogP contribution in [0, 0.1) is 0 Å². The number of carbonyl (C=O) groups is 1. The van der Waals surface area contributed by atoms with E-state index in [0.717, 1.165) is 6.92 Å². The number of carbonyl (C=O) groups excluding carboxylic acids is 1. The summed E-state index contributed by atoms with van der Waals surface area (Å²) in [6.07, 6.45) is -17.3. The Morgan fingerprint density at radius 2 is 1.38 bits per heavy atom. The van der Waals surface area contributed by atoms with Crippen molar-refractivity contribution in [1.82, 2.24) is 0 Å². The smallest absolute Gasteiger partial charge is 0.368 e. The molecule has 2 N–H and O–H groups in total. The average Bonchev–Trinajstić information content (AvgIpc) is 2.34. The number of primary amides is 1. The van der Waals surface area contributed by atoms with Crippen LogP contribution in [0.4, 0.5) is 35.1 Å². The molecule has 0 aromatic rings. The number of nitrogens with two attached hydrogens (primary N) is 1. The largest absolute Gasteiger partial charge is 0.453 e. The molecule has 0 bridgehead atoms. The van der Waals surface area contributed by atoms with Gasteiger partial charge in [0.05, 0.1) is 12.2 Å². The highest BCUT2D eigenvalue weighted by Crippen LogP contribution is 2.42. The first-order valence-electron chi connectivity index (χ1n) is 6.45. The minimum absolute atomic E-state index is 0.837. The molecule has 0 rings (SSSR count). The summed E-state index contributed by atoms with van der Waals surface area (Å²) in [6.45, 7) is 0.946. The maximum Gasteiger partial charge on any atom is 0.453 e. The van der Waals surface area contributed by atoms with Gasteiger partial charge >= 0.3 is 18.3 Å². The zero-order chi connectivity index (χ0) is 19.6. The molecule has 0 fully saturated rings. The Bertz CT molecular complexity index is 555. The van der Waals surface area contributed by atoms with Gasteiger partial charge in [0.2, 0.25) is 5.91 Å². The molecule has 0 aromatic heterocycles. The van der Waals surface area contributed by atoms with Crippen molar-refractivity contribution in [3.63, 3.8) is 0 Å². The Balaban J connectivity index is 5.64. The van der Waals surface area contributed by atoms with Crippen molar-refractivity contribution < 1.29 is 48.3 Å². The third-order valence-corrected chi connectivity index (χ3v) is 6.15. The van der Waals surface area contributed by atoms with E-state index in [2.05, 4.69) is 0 Å². The number of rotatable bonds is 8. The van der Waals surface area contributed by atoms with Crippen LogP contribution in [0.25, 0.3) is 0 Å². The van der Waals surface area contributed by atoms with Crippen molar-refractivity contribution >= 4 is 15.7 Å². The van der Waals surface area contributed by atoms with Crippen molar-refractivity contribution in [1.29, 1.82) is 0 Å². The zero-order valence-electron chi connectivity index (χ0n) is 12.3. The minimum atomic E-state index is -6.00. The number of sulfone groups is 1. The lowest BCUT2D eigenvalue weighted by atomic mass is 9.96. The molecular formula is C11H15F8NO3S. The first-order valence-corrected chi connectivity index (χ1v) is 8.10. The second-order valence-corrected chi connectivity index (χ2v) is 7.52. The molecule has 0 heterocycles. The number of hydrogen-bond donors (Lipinski definition) is 1. The van der Waals surface area contributed by atoms with E-state index in [0.29, 0.717) is 0 Å². The first kappa shape index (κ1) is 22.9. The molecule has 144 valence electrons. The molecule has 24 heavy (non-hydrogen) atoms. The minimum Gasteiger partial charge on any atom is -0.368 e. The van der Waals surface area contributed by atoms with E-state index in [1.54, 1.807) is 0 Å².